The van der Waals surface area contributed by atoms with Crippen molar-refractivity contribution >= 4 is 0 Å². The Hall–Kier alpha value is -2.73. The van der Waals surface area contributed by atoms with Crippen LogP contribution in [0.2, 0.25) is 0 Å². The fraction of sp³-hybridized carbons (Fsp3) is 0.435. The highest BCUT2D eigenvalue weighted by molar-refractivity contribution is 5.52. The van der Waals surface area contributed by atoms with Crippen LogP contribution in [-0.2, 0) is 32.4 Å². The smallest absolute Gasteiger partial charge is 0.182 e. The lowest BCUT2D eigenvalue weighted by Crippen LogP contribution is -2.27. The van der Waals surface area contributed by atoms with Crippen LogP contribution in [0.4, 0.5) is 0 Å². The Morgan fingerprint density at radius 3 is 2.79 bits per heavy atom. The highest BCUT2D eigenvalue weighted by atomic mass is 16.5. The first-order valence-corrected chi connectivity index (χ1v) is 10.6. The number of hydrogen-bond acceptors (Lipinski definition) is 5. The van der Waals surface area contributed by atoms with Crippen molar-refractivity contribution in [3.63, 3.8) is 0 Å². The summed E-state index contributed by atoms with van der Waals surface area (Å²) in [4.78, 5) is 11.5. The van der Waals surface area contributed by atoms with Gasteiger partial charge in [0.15, 0.2) is 5.82 Å². The maximum atomic E-state index is 5.98. The summed E-state index contributed by atoms with van der Waals surface area (Å²) in [5.41, 5.74) is 5.27. The van der Waals surface area contributed by atoms with Crippen molar-refractivity contribution < 1.29 is 4.74 Å². The largest absolute Gasteiger partial charge is 0.494 e. The predicted molar refractivity (Wildman–Crippen MR) is 112 cm³/mol. The number of fused-ring (bicyclic) bond motifs is 2. The molecule has 150 valence electrons. The summed E-state index contributed by atoms with van der Waals surface area (Å²) in [5, 5.41) is 4.73. The number of benzene rings is 1. The van der Waals surface area contributed by atoms with Crippen molar-refractivity contribution in [3.05, 3.63) is 59.2 Å². The van der Waals surface area contributed by atoms with Crippen molar-refractivity contribution in [1.29, 1.82) is 0 Å². The van der Waals surface area contributed by atoms with Crippen molar-refractivity contribution in [3.8, 4) is 17.1 Å². The van der Waals surface area contributed by atoms with E-state index in [9.17, 15) is 0 Å². The minimum atomic E-state index is 0.711. The Bertz CT molecular complexity index is 973. The number of ether oxygens (including phenoxy) is 1. The molecule has 2 aliphatic rings. The maximum Gasteiger partial charge on any atom is 0.182 e. The molecule has 3 heterocycles. The van der Waals surface area contributed by atoms with Crippen LogP contribution in [0.25, 0.3) is 11.4 Å². The standard InChI is InChI=1S/C23H27N5O/c1-2-29-21-14-18-6-3-5-17(18)13-20(21)16-27-10-8-22-25-23(26-28(22)12-11-27)19-7-4-9-24-15-19/h4,7,9,13-15H,2-3,5-6,8,10-12,16H2,1H3. The minimum Gasteiger partial charge on any atom is -0.494 e. The number of pyridine rings is 1. The van der Waals surface area contributed by atoms with Gasteiger partial charge in [-0.1, -0.05) is 6.07 Å². The first-order chi connectivity index (χ1) is 14.3. The molecular formula is C23H27N5O. The van der Waals surface area contributed by atoms with E-state index in [-0.39, 0.29) is 0 Å². The summed E-state index contributed by atoms with van der Waals surface area (Å²) >= 11 is 0. The third-order valence-electron chi connectivity index (χ3n) is 5.92. The summed E-state index contributed by atoms with van der Waals surface area (Å²) in [5.74, 6) is 2.90. The molecule has 0 bridgehead atoms. The number of aromatic nitrogens is 4. The monoisotopic (exact) mass is 389 g/mol. The molecule has 0 radical (unpaired) electrons. The van der Waals surface area contributed by atoms with Gasteiger partial charge >= 0.3 is 0 Å². The van der Waals surface area contributed by atoms with Crippen LogP contribution in [0.5, 0.6) is 5.75 Å². The van der Waals surface area contributed by atoms with E-state index in [0.29, 0.717) is 6.61 Å². The third-order valence-corrected chi connectivity index (χ3v) is 5.92. The van der Waals surface area contributed by atoms with Crippen molar-refractivity contribution in [2.45, 2.75) is 45.7 Å². The van der Waals surface area contributed by atoms with E-state index in [1.54, 1.807) is 6.20 Å². The molecule has 29 heavy (non-hydrogen) atoms. The Balaban J connectivity index is 1.31. The first-order valence-electron chi connectivity index (χ1n) is 10.6. The number of aryl methyl sites for hydroxylation is 2. The van der Waals surface area contributed by atoms with Gasteiger partial charge in [0.25, 0.3) is 0 Å². The predicted octanol–water partition coefficient (Wildman–Crippen LogP) is 3.29. The van der Waals surface area contributed by atoms with Gasteiger partial charge in [-0.05, 0) is 55.5 Å². The van der Waals surface area contributed by atoms with Crippen LogP contribution < -0.4 is 4.74 Å². The molecule has 5 rings (SSSR count). The fourth-order valence-electron chi connectivity index (χ4n) is 4.43. The Kier molecular flexibility index (Phi) is 5.02. The lowest BCUT2D eigenvalue weighted by Gasteiger charge is -2.22. The van der Waals surface area contributed by atoms with Gasteiger partial charge in [0.2, 0.25) is 0 Å². The second-order valence-electron chi connectivity index (χ2n) is 7.86. The van der Waals surface area contributed by atoms with Gasteiger partial charge in [-0.3, -0.25) is 9.88 Å². The maximum absolute atomic E-state index is 5.98. The van der Waals surface area contributed by atoms with Crippen molar-refractivity contribution in [2.24, 2.45) is 0 Å². The first kappa shape index (κ1) is 18.3. The van der Waals surface area contributed by atoms with E-state index < -0.39 is 0 Å². The SMILES string of the molecule is CCOc1cc2c(cc1CN1CCc3nc(-c4cccnc4)nn3CC1)CCC2. The van der Waals surface area contributed by atoms with Crippen molar-refractivity contribution in [1.82, 2.24) is 24.6 Å². The summed E-state index contributed by atoms with van der Waals surface area (Å²) in [6.07, 6.45) is 8.15. The van der Waals surface area contributed by atoms with E-state index in [1.807, 2.05) is 18.3 Å². The topological polar surface area (TPSA) is 56.1 Å². The molecule has 0 unspecified atom stereocenters. The van der Waals surface area contributed by atoms with Gasteiger partial charge in [0.05, 0.1) is 13.2 Å². The van der Waals surface area contributed by atoms with E-state index >= 15 is 0 Å². The van der Waals surface area contributed by atoms with Crippen LogP contribution in [-0.4, -0.2) is 44.3 Å². The quantitative estimate of drug-likeness (QED) is 0.670. The Morgan fingerprint density at radius 2 is 1.97 bits per heavy atom. The van der Waals surface area contributed by atoms with Crippen LogP contribution in [0.3, 0.4) is 0 Å². The summed E-state index contributed by atoms with van der Waals surface area (Å²) in [6.45, 7) is 6.50. The van der Waals surface area contributed by atoms with Gasteiger partial charge in [-0.15, -0.1) is 0 Å². The molecule has 0 amide bonds. The second kappa shape index (κ2) is 7.95. The molecule has 3 aromatic rings. The second-order valence-corrected chi connectivity index (χ2v) is 7.86. The molecule has 1 aliphatic carbocycles. The summed E-state index contributed by atoms with van der Waals surface area (Å²) in [7, 11) is 0. The molecule has 0 fully saturated rings. The third kappa shape index (κ3) is 3.77. The minimum absolute atomic E-state index is 0.711. The molecule has 0 atom stereocenters. The van der Waals surface area contributed by atoms with E-state index in [1.165, 1.54) is 36.0 Å². The van der Waals surface area contributed by atoms with E-state index in [2.05, 4.69) is 33.6 Å². The van der Waals surface area contributed by atoms with Gasteiger partial charge < -0.3 is 4.74 Å². The molecular weight excluding hydrogens is 362 g/mol. The van der Waals surface area contributed by atoms with Gasteiger partial charge in [0, 0.05) is 49.6 Å². The van der Waals surface area contributed by atoms with Crippen LogP contribution in [0, 0.1) is 0 Å². The zero-order chi connectivity index (χ0) is 19.6. The van der Waals surface area contributed by atoms with Gasteiger partial charge in [0.1, 0.15) is 11.6 Å². The Morgan fingerprint density at radius 1 is 1.07 bits per heavy atom. The molecule has 0 saturated heterocycles. The molecule has 0 N–H and O–H groups in total. The zero-order valence-corrected chi connectivity index (χ0v) is 17.0. The highest BCUT2D eigenvalue weighted by Crippen LogP contribution is 2.31. The van der Waals surface area contributed by atoms with Gasteiger partial charge in [-0.25, -0.2) is 9.67 Å². The molecule has 0 saturated carbocycles. The number of rotatable bonds is 5. The average molecular weight is 390 g/mol. The average Bonchev–Trinajstić information content (AvgIpc) is 3.33. The molecule has 2 aromatic heterocycles. The number of hydrogen-bond donors (Lipinski definition) is 0. The van der Waals surface area contributed by atoms with E-state index in [0.717, 1.165) is 55.6 Å². The fourth-order valence-corrected chi connectivity index (χ4v) is 4.43. The lowest BCUT2D eigenvalue weighted by atomic mass is 10.0. The van der Waals surface area contributed by atoms with Crippen LogP contribution in [0.1, 0.15) is 35.9 Å². The molecule has 0 spiro atoms. The molecule has 1 aromatic carbocycles. The highest BCUT2D eigenvalue weighted by Gasteiger charge is 2.21. The summed E-state index contributed by atoms with van der Waals surface area (Å²) < 4.78 is 8.05. The van der Waals surface area contributed by atoms with E-state index in [4.69, 9.17) is 14.8 Å². The zero-order valence-electron chi connectivity index (χ0n) is 17.0. The lowest BCUT2D eigenvalue weighted by molar-refractivity contribution is 0.260. The van der Waals surface area contributed by atoms with Gasteiger partial charge in [-0.2, -0.15) is 5.10 Å². The van der Waals surface area contributed by atoms with Crippen LogP contribution >= 0.6 is 0 Å². The van der Waals surface area contributed by atoms with Crippen LogP contribution in [0.15, 0.2) is 36.7 Å². The molecule has 6 heteroatoms. The normalized spacial score (nSPS) is 16.3. The molecule has 1 aliphatic heterocycles. The summed E-state index contributed by atoms with van der Waals surface area (Å²) in [6, 6.07) is 8.61. The van der Waals surface area contributed by atoms with Crippen molar-refractivity contribution in [2.75, 3.05) is 19.7 Å². The molecule has 6 nitrogen and oxygen atoms in total. The number of nitrogens with zero attached hydrogens (tertiary/aromatic N) is 5. The Labute approximate surface area is 171 Å².